The molecule has 3 aromatic heterocycles. The summed E-state index contributed by atoms with van der Waals surface area (Å²) in [4.78, 5) is 12.2. The summed E-state index contributed by atoms with van der Waals surface area (Å²) in [6, 6.07) is 4.87. The normalized spacial score (nSPS) is 11.8. The third-order valence-corrected chi connectivity index (χ3v) is 5.00. The Bertz CT molecular complexity index is 1160. The van der Waals surface area contributed by atoms with Crippen LogP contribution in [0, 0.1) is 11.8 Å². The van der Waals surface area contributed by atoms with E-state index in [1.165, 1.54) is 10.7 Å². The number of pyridine rings is 1. The van der Waals surface area contributed by atoms with E-state index in [9.17, 15) is 18.0 Å². The van der Waals surface area contributed by atoms with Gasteiger partial charge in [0.25, 0.3) is 5.91 Å². The van der Waals surface area contributed by atoms with Crippen LogP contribution in [0.3, 0.4) is 0 Å². The van der Waals surface area contributed by atoms with Gasteiger partial charge in [0.1, 0.15) is 11.5 Å². The zero-order valence-electron chi connectivity index (χ0n) is 17.3. The van der Waals surface area contributed by atoms with Crippen molar-refractivity contribution in [3.05, 3.63) is 41.9 Å². The second-order valence-electron chi connectivity index (χ2n) is 7.51. The molecule has 0 atom stereocenters. The summed E-state index contributed by atoms with van der Waals surface area (Å²) in [5.41, 5.74) is -4.11. The summed E-state index contributed by atoms with van der Waals surface area (Å²) in [5, 5.41) is 13.9. The molecular formula is C20H21F3N6OS. The van der Waals surface area contributed by atoms with Crippen LogP contribution in [-0.2, 0) is 5.54 Å². The van der Waals surface area contributed by atoms with Gasteiger partial charge in [-0.25, -0.2) is 4.52 Å². The highest BCUT2D eigenvalue weighted by atomic mass is 32.2. The van der Waals surface area contributed by atoms with Gasteiger partial charge in [-0.2, -0.15) is 23.4 Å². The first kappa shape index (κ1) is 22.6. The van der Waals surface area contributed by atoms with Crippen molar-refractivity contribution in [3.8, 4) is 11.8 Å². The first-order valence-electron chi connectivity index (χ1n) is 9.27. The van der Waals surface area contributed by atoms with Crippen molar-refractivity contribution in [2.75, 3.05) is 18.9 Å². The number of fused-ring (bicyclic) bond motifs is 1. The van der Waals surface area contributed by atoms with E-state index in [2.05, 4.69) is 32.7 Å². The molecule has 1 amide bonds. The Kier molecular flexibility index (Phi) is 6.22. The number of rotatable bonds is 4. The van der Waals surface area contributed by atoms with Crippen LogP contribution < -0.4 is 10.6 Å². The molecule has 0 aliphatic carbocycles. The largest absolute Gasteiger partial charge is 0.446 e. The van der Waals surface area contributed by atoms with E-state index in [-0.39, 0.29) is 45.9 Å². The summed E-state index contributed by atoms with van der Waals surface area (Å²) >= 11 is -0.263. The number of hydrogen-bond acceptors (Lipinski definition) is 5. The number of amides is 1. The van der Waals surface area contributed by atoms with Crippen LogP contribution in [0.1, 0.15) is 36.8 Å². The maximum atomic E-state index is 13.1. The lowest BCUT2D eigenvalue weighted by atomic mass is 10.1. The van der Waals surface area contributed by atoms with E-state index in [1.807, 2.05) is 20.8 Å². The van der Waals surface area contributed by atoms with Gasteiger partial charge >= 0.3 is 5.51 Å². The summed E-state index contributed by atoms with van der Waals surface area (Å²) in [5.74, 6) is 5.48. The highest BCUT2D eigenvalue weighted by Crippen LogP contribution is 2.41. The van der Waals surface area contributed by atoms with E-state index < -0.39 is 5.51 Å². The van der Waals surface area contributed by atoms with Gasteiger partial charge in [0.2, 0.25) is 0 Å². The molecule has 7 nitrogen and oxygen atoms in total. The first-order chi connectivity index (χ1) is 14.5. The molecule has 0 aliphatic rings. The highest BCUT2D eigenvalue weighted by Gasteiger charge is 2.33. The molecule has 11 heteroatoms. The van der Waals surface area contributed by atoms with Crippen molar-refractivity contribution in [3.63, 3.8) is 0 Å². The van der Waals surface area contributed by atoms with Crippen molar-refractivity contribution in [2.24, 2.45) is 0 Å². The lowest BCUT2D eigenvalue weighted by molar-refractivity contribution is -0.0327. The smallest absolute Gasteiger partial charge is 0.373 e. The maximum absolute atomic E-state index is 13.1. The van der Waals surface area contributed by atoms with Gasteiger partial charge in [-0.15, -0.1) is 0 Å². The molecule has 3 heterocycles. The molecule has 2 N–H and O–H groups in total. The van der Waals surface area contributed by atoms with Crippen molar-refractivity contribution in [1.29, 1.82) is 0 Å². The average Bonchev–Trinajstić information content (AvgIpc) is 3.29. The Balaban J connectivity index is 1.80. The van der Waals surface area contributed by atoms with Gasteiger partial charge in [-0.05, 0) is 50.6 Å². The Morgan fingerprint density at radius 2 is 2.00 bits per heavy atom. The second-order valence-corrected chi connectivity index (χ2v) is 8.59. The van der Waals surface area contributed by atoms with Gasteiger partial charge in [0.15, 0.2) is 0 Å². The zero-order valence-corrected chi connectivity index (χ0v) is 18.1. The van der Waals surface area contributed by atoms with Crippen LogP contribution in [0.2, 0.25) is 0 Å². The SMILES string of the molecule is CNc1cccc2c(SC(F)(F)F)c(C#CCNC(=O)c3cnn(C(C)(C)C)c3)nn12. The van der Waals surface area contributed by atoms with Crippen LogP contribution >= 0.6 is 11.8 Å². The third-order valence-electron chi connectivity index (χ3n) is 4.16. The van der Waals surface area contributed by atoms with Crippen molar-refractivity contribution >= 4 is 29.0 Å². The number of nitrogens with zero attached hydrogens (tertiary/aromatic N) is 4. The number of aromatic nitrogens is 4. The Hall–Kier alpha value is -3.13. The Labute approximate surface area is 181 Å². The minimum Gasteiger partial charge on any atom is -0.373 e. The number of carbonyl (C=O) groups excluding carboxylic acids is 1. The molecule has 31 heavy (non-hydrogen) atoms. The van der Waals surface area contributed by atoms with Gasteiger partial charge in [0, 0.05) is 13.2 Å². The van der Waals surface area contributed by atoms with Crippen LogP contribution in [0.15, 0.2) is 35.5 Å². The third kappa shape index (κ3) is 5.32. The standard InChI is InChI=1S/C20H21F3N6OS/c1-19(2,3)28-12-13(11-26-28)18(30)25-10-6-7-14-17(31-20(21,22)23)15-8-5-9-16(24-4)29(15)27-14/h5,8-9,11-12,24H,10H2,1-4H3,(H,25,30). The highest BCUT2D eigenvalue weighted by molar-refractivity contribution is 8.00. The number of alkyl halides is 3. The molecule has 3 rings (SSSR count). The van der Waals surface area contributed by atoms with Gasteiger partial charge in [-0.1, -0.05) is 12.0 Å². The fourth-order valence-electron chi connectivity index (χ4n) is 2.70. The van der Waals surface area contributed by atoms with E-state index in [0.29, 0.717) is 11.4 Å². The number of anilines is 1. The Morgan fingerprint density at radius 1 is 1.26 bits per heavy atom. The molecule has 0 unspecified atom stereocenters. The topological polar surface area (TPSA) is 76.2 Å². The lowest BCUT2D eigenvalue weighted by Crippen LogP contribution is -2.24. The van der Waals surface area contributed by atoms with Crippen LogP contribution in [0.5, 0.6) is 0 Å². The minimum absolute atomic E-state index is 0.0140. The second kappa shape index (κ2) is 8.55. The zero-order chi connectivity index (χ0) is 22.8. The predicted molar refractivity (Wildman–Crippen MR) is 113 cm³/mol. The molecular weight excluding hydrogens is 429 g/mol. The molecule has 0 radical (unpaired) electrons. The summed E-state index contributed by atoms with van der Waals surface area (Å²) in [7, 11) is 1.65. The average molecular weight is 450 g/mol. The number of carbonyl (C=O) groups is 1. The summed E-state index contributed by atoms with van der Waals surface area (Å²) in [6.07, 6.45) is 3.08. The molecule has 3 aromatic rings. The van der Waals surface area contributed by atoms with E-state index >= 15 is 0 Å². The molecule has 164 valence electrons. The molecule has 0 saturated carbocycles. The molecule has 0 saturated heterocycles. The predicted octanol–water partition coefficient (Wildman–Crippen LogP) is 3.72. The van der Waals surface area contributed by atoms with Gasteiger partial charge < -0.3 is 10.6 Å². The molecule has 0 fully saturated rings. The van der Waals surface area contributed by atoms with Gasteiger partial charge in [-0.3, -0.25) is 9.48 Å². The number of nitrogens with one attached hydrogen (secondary N) is 2. The quantitative estimate of drug-likeness (QED) is 0.468. The summed E-state index contributed by atoms with van der Waals surface area (Å²) < 4.78 is 42.3. The van der Waals surface area contributed by atoms with Crippen LogP contribution in [0.25, 0.3) is 5.52 Å². The fraction of sp³-hybridized carbons (Fsp3) is 0.350. The number of hydrogen-bond donors (Lipinski definition) is 2. The molecule has 0 spiro atoms. The van der Waals surface area contributed by atoms with Crippen LogP contribution in [0.4, 0.5) is 19.0 Å². The van der Waals surface area contributed by atoms with E-state index in [4.69, 9.17) is 0 Å². The maximum Gasteiger partial charge on any atom is 0.446 e. The summed E-state index contributed by atoms with van der Waals surface area (Å²) in [6.45, 7) is 5.82. The van der Waals surface area contributed by atoms with Crippen molar-refractivity contribution in [2.45, 2.75) is 36.7 Å². The fourth-order valence-corrected chi connectivity index (χ4v) is 3.38. The van der Waals surface area contributed by atoms with E-state index in [1.54, 1.807) is 36.1 Å². The Morgan fingerprint density at radius 3 is 2.61 bits per heavy atom. The van der Waals surface area contributed by atoms with Crippen molar-refractivity contribution < 1.29 is 18.0 Å². The minimum atomic E-state index is -4.49. The van der Waals surface area contributed by atoms with Crippen LogP contribution in [-0.4, -0.2) is 44.4 Å². The monoisotopic (exact) mass is 450 g/mol. The van der Waals surface area contributed by atoms with Crippen molar-refractivity contribution in [1.82, 2.24) is 24.7 Å². The first-order valence-corrected chi connectivity index (χ1v) is 10.1. The van der Waals surface area contributed by atoms with Gasteiger partial charge in [0.05, 0.1) is 34.3 Å². The lowest BCUT2D eigenvalue weighted by Gasteiger charge is -2.18. The molecule has 0 bridgehead atoms. The number of thioether (sulfide) groups is 1. The van der Waals surface area contributed by atoms with E-state index in [0.717, 1.165) is 0 Å². The molecule has 0 aromatic carbocycles. The number of halogens is 3. The molecule has 0 aliphatic heterocycles.